The summed E-state index contributed by atoms with van der Waals surface area (Å²) in [7, 11) is 0. The molecule has 6 nitrogen and oxygen atoms in total. The average molecular weight is 301 g/mol. The van der Waals surface area contributed by atoms with Crippen LogP contribution in [-0.2, 0) is 4.74 Å². The van der Waals surface area contributed by atoms with E-state index in [1.54, 1.807) is 45.0 Å². The van der Waals surface area contributed by atoms with Crippen molar-refractivity contribution in [1.29, 1.82) is 0 Å². The number of alkyl carbamates (subject to hydrolysis) is 1. The van der Waals surface area contributed by atoms with Crippen molar-refractivity contribution < 1.29 is 14.5 Å². The number of ether oxygens (including phenoxy) is 1. The van der Waals surface area contributed by atoms with E-state index in [2.05, 4.69) is 5.32 Å². The van der Waals surface area contributed by atoms with Crippen LogP contribution in [-0.4, -0.2) is 23.2 Å². The Bertz CT molecular complexity index is 482. The summed E-state index contributed by atoms with van der Waals surface area (Å²) in [5.41, 5.74) is -0.0690. The van der Waals surface area contributed by atoms with Gasteiger partial charge in [0.2, 0.25) is 6.54 Å². The fourth-order valence-electron chi connectivity index (χ4n) is 1.53. The minimum absolute atomic E-state index is 0.430. The van der Waals surface area contributed by atoms with Gasteiger partial charge in [0.15, 0.2) is 0 Å². The lowest BCUT2D eigenvalue weighted by Gasteiger charge is -2.22. The van der Waals surface area contributed by atoms with Crippen molar-refractivity contribution in [2.45, 2.75) is 32.4 Å². The minimum Gasteiger partial charge on any atom is -0.444 e. The Labute approximate surface area is 122 Å². The van der Waals surface area contributed by atoms with Crippen LogP contribution in [0.4, 0.5) is 4.79 Å². The molecule has 0 bridgehead atoms. The summed E-state index contributed by atoms with van der Waals surface area (Å²) in [6.45, 7) is 4.73. The number of nitro groups is 1. The van der Waals surface area contributed by atoms with E-state index in [1.807, 2.05) is 0 Å². The topological polar surface area (TPSA) is 81.5 Å². The van der Waals surface area contributed by atoms with E-state index in [0.717, 1.165) is 0 Å². The van der Waals surface area contributed by atoms with E-state index in [0.29, 0.717) is 10.6 Å². The number of carbonyl (C=O) groups is 1. The van der Waals surface area contributed by atoms with Gasteiger partial charge >= 0.3 is 6.09 Å². The first kappa shape index (κ1) is 16.2. The van der Waals surface area contributed by atoms with Gasteiger partial charge in [0, 0.05) is 9.95 Å². The molecule has 0 aliphatic rings. The van der Waals surface area contributed by atoms with Gasteiger partial charge in [-0.2, -0.15) is 0 Å². The Morgan fingerprint density at radius 2 is 1.95 bits per heavy atom. The van der Waals surface area contributed by atoms with Crippen LogP contribution in [0.1, 0.15) is 32.4 Å². The first-order valence-electron chi connectivity index (χ1n) is 6.04. The number of rotatable bonds is 4. The quantitative estimate of drug-likeness (QED) is 0.684. The summed E-state index contributed by atoms with van der Waals surface area (Å²) in [5.74, 6) is 0. The zero-order chi connectivity index (χ0) is 15.3. The molecule has 0 aromatic heterocycles. The van der Waals surface area contributed by atoms with Crippen molar-refractivity contribution in [2.75, 3.05) is 6.54 Å². The average Bonchev–Trinajstić information content (AvgIpc) is 2.25. The first-order chi connectivity index (χ1) is 9.17. The number of nitrogens with zero attached hydrogens (tertiary/aromatic N) is 1. The molecule has 20 heavy (non-hydrogen) atoms. The van der Waals surface area contributed by atoms with E-state index in [-0.39, 0.29) is 0 Å². The molecule has 0 aliphatic carbocycles. The molecule has 1 unspecified atom stereocenters. The van der Waals surface area contributed by atoms with E-state index < -0.39 is 29.2 Å². The van der Waals surface area contributed by atoms with Crippen LogP contribution in [0.15, 0.2) is 24.3 Å². The lowest BCUT2D eigenvalue weighted by Crippen LogP contribution is -2.37. The fourth-order valence-corrected chi connectivity index (χ4v) is 1.65. The van der Waals surface area contributed by atoms with Crippen LogP contribution in [0.25, 0.3) is 0 Å². The molecular formula is C13H17ClN2O4. The van der Waals surface area contributed by atoms with Crippen molar-refractivity contribution in [2.24, 2.45) is 0 Å². The first-order valence-corrected chi connectivity index (χ1v) is 6.42. The Kier molecular flexibility index (Phi) is 5.33. The lowest BCUT2D eigenvalue weighted by molar-refractivity contribution is -0.484. The second-order valence-corrected chi connectivity index (χ2v) is 5.70. The maximum Gasteiger partial charge on any atom is 0.408 e. The maximum absolute atomic E-state index is 11.7. The molecule has 0 saturated carbocycles. The third-order valence-corrected chi connectivity index (χ3v) is 2.55. The highest BCUT2D eigenvalue weighted by atomic mass is 35.5. The number of hydrogen-bond donors (Lipinski definition) is 1. The van der Waals surface area contributed by atoms with Gasteiger partial charge in [-0.3, -0.25) is 10.1 Å². The van der Waals surface area contributed by atoms with Gasteiger partial charge in [-0.1, -0.05) is 23.7 Å². The summed E-state index contributed by atoms with van der Waals surface area (Å²) in [4.78, 5) is 21.9. The van der Waals surface area contributed by atoms with Crippen LogP contribution in [0.5, 0.6) is 0 Å². The van der Waals surface area contributed by atoms with E-state index in [1.165, 1.54) is 0 Å². The van der Waals surface area contributed by atoms with E-state index in [9.17, 15) is 14.9 Å². The summed E-state index contributed by atoms with van der Waals surface area (Å²) in [6.07, 6.45) is -0.695. The summed E-state index contributed by atoms with van der Waals surface area (Å²) >= 11 is 5.77. The van der Waals surface area contributed by atoms with Crippen molar-refractivity contribution in [3.8, 4) is 0 Å². The fraction of sp³-hybridized carbons (Fsp3) is 0.462. The molecule has 0 fully saturated rings. The second kappa shape index (κ2) is 6.56. The smallest absolute Gasteiger partial charge is 0.408 e. The predicted molar refractivity (Wildman–Crippen MR) is 75.4 cm³/mol. The second-order valence-electron chi connectivity index (χ2n) is 5.27. The number of amides is 1. The predicted octanol–water partition coefficient (Wildman–Crippen LogP) is 3.18. The van der Waals surface area contributed by atoms with Gasteiger partial charge in [0.1, 0.15) is 11.6 Å². The minimum atomic E-state index is -0.767. The molecule has 0 aliphatic heterocycles. The molecular weight excluding hydrogens is 284 g/mol. The molecule has 0 spiro atoms. The molecule has 1 aromatic rings. The molecule has 1 amide bonds. The standard InChI is InChI=1S/C13H17ClN2O4/c1-13(2,3)20-12(17)15-11(8-16(18)19)9-4-6-10(14)7-5-9/h4-7,11H,8H2,1-3H3,(H,15,17). The van der Waals surface area contributed by atoms with Crippen molar-refractivity contribution in [3.05, 3.63) is 45.0 Å². The molecule has 110 valence electrons. The van der Waals surface area contributed by atoms with Gasteiger partial charge in [0.25, 0.3) is 0 Å². The van der Waals surface area contributed by atoms with Gasteiger partial charge in [-0.15, -0.1) is 0 Å². The maximum atomic E-state index is 11.7. The monoisotopic (exact) mass is 300 g/mol. The van der Waals surface area contributed by atoms with Crippen molar-refractivity contribution in [3.63, 3.8) is 0 Å². The van der Waals surface area contributed by atoms with Crippen LogP contribution in [0.2, 0.25) is 5.02 Å². The molecule has 1 N–H and O–H groups in total. The lowest BCUT2D eigenvalue weighted by atomic mass is 10.1. The number of halogens is 1. The van der Waals surface area contributed by atoms with Crippen molar-refractivity contribution in [1.82, 2.24) is 5.32 Å². The van der Waals surface area contributed by atoms with Crippen molar-refractivity contribution >= 4 is 17.7 Å². The molecule has 1 atom stereocenters. The van der Waals surface area contributed by atoms with E-state index >= 15 is 0 Å². The highest BCUT2D eigenvalue weighted by Crippen LogP contribution is 2.18. The Balaban J connectivity index is 2.82. The Hall–Kier alpha value is -1.82. The molecule has 0 heterocycles. The summed E-state index contributed by atoms with van der Waals surface area (Å²) < 4.78 is 5.10. The molecule has 1 aromatic carbocycles. The van der Waals surface area contributed by atoms with Gasteiger partial charge in [-0.05, 0) is 38.5 Å². The van der Waals surface area contributed by atoms with Crippen LogP contribution in [0.3, 0.4) is 0 Å². The SMILES string of the molecule is CC(C)(C)OC(=O)NC(C[N+](=O)[O-])c1ccc(Cl)cc1. The Morgan fingerprint density at radius 3 is 2.40 bits per heavy atom. The number of hydrogen-bond acceptors (Lipinski definition) is 4. The van der Waals surface area contributed by atoms with Crippen LogP contribution < -0.4 is 5.32 Å². The van der Waals surface area contributed by atoms with Gasteiger partial charge in [0.05, 0.1) is 0 Å². The van der Waals surface area contributed by atoms with Crippen LogP contribution in [0, 0.1) is 10.1 Å². The summed E-state index contributed by atoms with van der Waals surface area (Å²) in [5, 5.41) is 13.7. The largest absolute Gasteiger partial charge is 0.444 e. The molecule has 7 heteroatoms. The van der Waals surface area contributed by atoms with Crippen LogP contribution >= 0.6 is 11.6 Å². The Morgan fingerprint density at radius 1 is 1.40 bits per heavy atom. The number of nitrogens with one attached hydrogen (secondary N) is 1. The molecule has 0 saturated heterocycles. The van der Waals surface area contributed by atoms with Gasteiger partial charge in [-0.25, -0.2) is 4.79 Å². The third kappa shape index (κ3) is 5.88. The highest BCUT2D eigenvalue weighted by molar-refractivity contribution is 6.30. The third-order valence-electron chi connectivity index (χ3n) is 2.29. The molecule has 1 rings (SSSR count). The number of carbonyl (C=O) groups excluding carboxylic acids is 1. The normalized spacial score (nSPS) is 12.6. The molecule has 0 radical (unpaired) electrons. The van der Waals surface area contributed by atoms with Gasteiger partial charge < -0.3 is 10.1 Å². The number of benzene rings is 1. The highest BCUT2D eigenvalue weighted by Gasteiger charge is 2.23. The zero-order valence-electron chi connectivity index (χ0n) is 11.6. The summed E-state index contributed by atoms with van der Waals surface area (Å²) in [6, 6.07) is 5.72. The van der Waals surface area contributed by atoms with E-state index in [4.69, 9.17) is 16.3 Å². The zero-order valence-corrected chi connectivity index (χ0v) is 12.3.